The molecule has 0 aromatic heterocycles. The van der Waals surface area contributed by atoms with Crippen molar-refractivity contribution in [2.24, 2.45) is 0 Å². The van der Waals surface area contributed by atoms with Crippen LogP contribution in [0.4, 0.5) is 4.79 Å². The Morgan fingerprint density at radius 1 is 0.914 bits per heavy atom. The van der Waals surface area contributed by atoms with Gasteiger partial charge in [-0.25, -0.2) is 9.59 Å². The van der Waals surface area contributed by atoms with Crippen LogP contribution in [0.5, 0.6) is 0 Å². The van der Waals surface area contributed by atoms with Crippen molar-refractivity contribution < 1.29 is 24.2 Å². The van der Waals surface area contributed by atoms with Crippen LogP contribution in [0, 0.1) is 0 Å². The molecule has 0 atom stereocenters. The van der Waals surface area contributed by atoms with Gasteiger partial charge in [-0.3, -0.25) is 4.79 Å². The summed E-state index contributed by atoms with van der Waals surface area (Å²) in [4.78, 5) is 36.2. The summed E-state index contributed by atoms with van der Waals surface area (Å²) in [6.45, 7) is 0.447. The summed E-state index contributed by atoms with van der Waals surface area (Å²) in [5.74, 6) is -1.24. The third-order valence-electron chi connectivity index (χ3n) is 6.73. The van der Waals surface area contributed by atoms with Gasteiger partial charge in [-0.15, -0.1) is 0 Å². The number of carbonyl (C=O) groups is 3. The number of hydrogen-bond donors (Lipinski definition) is 3. The Labute approximate surface area is 203 Å². The van der Waals surface area contributed by atoms with E-state index < -0.39 is 17.6 Å². The zero-order chi connectivity index (χ0) is 24.4. The van der Waals surface area contributed by atoms with Crippen LogP contribution in [0.1, 0.15) is 52.2 Å². The number of alkyl carbamates (subject to hydrolysis) is 1. The van der Waals surface area contributed by atoms with Gasteiger partial charge < -0.3 is 20.5 Å². The molecule has 0 unspecified atom stereocenters. The Morgan fingerprint density at radius 2 is 1.57 bits per heavy atom. The maximum Gasteiger partial charge on any atom is 0.407 e. The lowest BCUT2D eigenvalue weighted by molar-refractivity contribution is -0.121. The molecular formula is C28H26N2O5. The molecular weight excluding hydrogens is 444 g/mol. The maximum absolute atomic E-state index is 12.6. The fourth-order valence-corrected chi connectivity index (χ4v) is 4.73. The second kappa shape index (κ2) is 9.25. The number of ether oxygens (including phenoxy) is 1. The molecule has 3 N–H and O–H groups in total. The summed E-state index contributed by atoms with van der Waals surface area (Å²) in [5, 5.41) is 14.8. The van der Waals surface area contributed by atoms with E-state index in [0.717, 1.165) is 11.1 Å². The molecule has 35 heavy (non-hydrogen) atoms. The SMILES string of the molecule is O=C(CC1(NC(=O)OCC2c3ccccc3-c3ccccc32)CC1)NCc1cccc(C(=O)O)c1. The number of rotatable bonds is 8. The zero-order valence-electron chi connectivity index (χ0n) is 19.1. The molecule has 5 rings (SSSR count). The third-order valence-corrected chi connectivity index (χ3v) is 6.73. The van der Waals surface area contributed by atoms with Gasteiger partial charge in [-0.1, -0.05) is 60.7 Å². The van der Waals surface area contributed by atoms with Crippen molar-refractivity contribution in [1.29, 1.82) is 0 Å². The van der Waals surface area contributed by atoms with Gasteiger partial charge in [0.25, 0.3) is 0 Å². The summed E-state index contributed by atoms with van der Waals surface area (Å²) in [6, 6.07) is 22.8. The number of fused-ring (bicyclic) bond motifs is 3. The van der Waals surface area contributed by atoms with Gasteiger partial charge in [0.1, 0.15) is 6.61 Å². The number of amides is 2. The Bertz CT molecular complexity index is 1250. The number of carboxylic acid groups (broad SMARTS) is 1. The van der Waals surface area contributed by atoms with E-state index in [0.29, 0.717) is 18.4 Å². The van der Waals surface area contributed by atoms with Crippen LogP contribution < -0.4 is 10.6 Å². The fraction of sp³-hybridized carbons (Fsp3) is 0.250. The Morgan fingerprint density at radius 3 is 2.20 bits per heavy atom. The van der Waals surface area contributed by atoms with Gasteiger partial charge in [0.05, 0.1) is 11.1 Å². The van der Waals surface area contributed by atoms with E-state index in [-0.39, 0.29) is 37.0 Å². The van der Waals surface area contributed by atoms with Crippen LogP contribution in [0.25, 0.3) is 11.1 Å². The molecule has 2 amide bonds. The molecule has 1 saturated carbocycles. The minimum absolute atomic E-state index is 0.0202. The van der Waals surface area contributed by atoms with Gasteiger partial charge in [-0.2, -0.15) is 0 Å². The fourth-order valence-electron chi connectivity index (χ4n) is 4.73. The Balaban J connectivity index is 1.14. The van der Waals surface area contributed by atoms with Crippen molar-refractivity contribution in [3.63, 3.8) is 0 Å². The average Bonchev–Trinajstić information content (AvgIpc) is 3.53. The highest BCUT2D eigenvalue weighted by molar-refractivity contribution is 5.87. The second-order valence-corrected chi connectivity index (χ2v) is 9.19. The molecule has 0 aliphatic heterocycles. The minimum Gasteiger partial charge on any atom is -0.478 e. The Kier molecular flexibility index (Phi) is 5.99. The minimum atomic E-state index is -1.01. The molecule has 7 heteroatoms. The highest BCUT2D eigenvalue weighted by Crippen LogP contribution is 2.44. The maximum atomic E-state index is 12.6. The van der Waals surface area contributed by atoms with Gasteiger partial charge in [-0.05, 0) is 52.8 Å². The molecule has 178 valence electrons. The molecule has 7 nitrogen and oxygen atoms in total. The van der Waals surface area contributed by atoms with Crippen LogP contribution in [0.15, 0.2) is 72.8 Å². The number of aromatic carboxylic acids is 1. The normalized spacial score (nSPS) is 15.0. The number of hydrogen-bond acceptors (Lipinski definition) is 4. The highest BCUT2D eigenvalue weighted by atomic mass is 16.5. The number of carboxylic acids is 1. The van der Waals surface area contributed by atoms with Crippen molar-refractivity contribution >= 4 is 18.0 Å². The first kappa shape index (κ1) is 22.7. The third kappa shape index (κ3) is 4.89. The van der Waals surface area contributed by atoms with E-state index >= 15 is 0 Å². The standard InChI is InChI=1S/C28H26N2O5/c31-25(29-16-18-6-5-7-19(14-18)26(32)33)15-28(12-13-28)30-27(34)35-17-24-22-10-3-1-8-20(22)21-9-2-4-11-23(21)24/h1-11,14,24H,12-13,15-17H2,(H,29,31)(H,30,34)(H,32,33). The smallest absolute Gasteiger partial charge is 0.407 e. The molecule has 1 fully saturated rings. The van der Waals surface area contributed by atoms with Gasteiger partial charge in [0.15, 0.2) is 0 Å². The lowest BCUT2D eigenvalue weighted by Crippen LogP contribution is -2.41. The Hall–Kier alpha value is -4.13. The summed E-state index contributed by atoms with van der Waals surface area (Å²) >= 11 is 0. The van der Waals surface area contributed by atoms with Gasteiger partial charge >= 0.3 is 12.1 Å². The first-order chi connectivity index (χ1) is 16.9. The topological polar surface area (TPSA) is 105 Å². The quantitative estimate of drug-likeness (QED) is 0.451. The van der Waals surface area contributed by atoms with Crippen molar-refractivity contribution in [2.45, 2.75) is 37.3 Å². The second-order valence-electron chi connectivity index (χ2n) is 9.19. The number of nitrogens with one attached hydrogen (secondary N) is 2. The van der Waals surface area contributed by atoms with Gasteiger partial charge in [0.2, 0.25) is 5.91 Å². The molecule has 0 radical (unpaired) electrons. The monoisotopic (exact) mass is 470 g/mol. The molecule has 2 aliphatic rings. The highest BCUT2D eigenvalue weighted by Gasteiger charge is 2.46. The number of benzene rings is 3. The molecule has 3 aromatic rings. The van der Waals surface area contributed by atoms with Crippen LogP contribution in [-0.4, -0.2) is 35.2 Å². The molecule has 2 aliphatic carbocycles. The molecule has 3 aromatic carbocycles. The van der Waals surface area contributed by atoms with Crippen molar-refractivity contribution in [1.82, 2.24) is 10.6 Å². The van der Waals surface area contributed by atoms with Crippen LogP contribution in [0.3, 0.4) is 0 Å². The molecule has 0 saturated heterocycles. The molecule has 0 spiro atoms. The first-order valence-electron chi connectivity index (χ1n) is 11.7. The average molecular weight is 471 g/mol. The predicted molar refractivity (Wildman–Crippen MR) is 130 cm³/mol. The summed E-state index contributed by atoms with van der Waals surface area (Å²) in [6.07, 6.45) is 1.04. The summed E-state index contributed by atoms with van der Waals surface area (Å²) in [7, 11) is 0. The van der Waals surface area contributed by atoms with Crippen molar-refractivity contribution in [3.8, 4) is 11.1 Å². The van der Waals surface area contributed by atoms with E-state index in [2.05, 4.69) is 34.9 Å². The van der Waals surface area contributed by atoms with Gasteiger partial charge in [0, 0.05) is 18.9 Å². The van der Waals surface area contributed by atoms with E-state index in [1.54, 1.807) is 12.1 Å². The van der Waals surface area contributed by atoms with E-state index in [9.17, 15) is 14.4 Å². The van der Waals surface area contributed by atoms with E-state index in [4.69, 9.17) is 9.84 Å². The molecule has 0 heterocycles. The van der Waals surface area contributed by atoms with E-state index in [1.807, 2.05) is 24.3 Å². The van der Waals surface area contributed by atoms with Crippen molar-refractivity contribution in [2.75, 3.05) is 6.61 Å². The lowest BCUT2D eigenvalue weighted by Gasteiger charge is -2.19. The van der Waals surface area contributed by atoms with Crippen LogP contribution >= 0.6 is 0 Å². The largest absolute Gasteiger partial charge is 0.478 e. The first-order valence-corrected chi connectivity index (χ1v) is 11.7. The van der Waals surface area contributed by atoms with Crippen LogP contribution in [0.2, 0.25) is 0 Å². The number of carbonyl (C=O) groups excluding carboxylic acids is 2. The summed E-state index contributed by atoms with van der Waals surface area (Å²) < 4.78 is 5.62. The molecule has 0 bridgehead atoms. The van der Waals surface area contributed by atoms with E-state index in [1.165, 1.54) is 23.3 Å². The summed E-state index contributed by atoms with van der Waals surface area (Å²) in [5.41, 5.74) is 4.92. The van der Waals surface area contributed by atoms with Crippen LogP contribution in [-0.2, 0) is 16.1 Å². The zero-order valence-corrected chi connectivity index (χ0v) is 19.1. The van der Waals surface area contributed by atoms with Crippen molar-refractivity contribution in [3.05, 3.63) is 95.1 Å². The lowest BCUT2D eigenvalue weighted by atomic mass is 9.98. The predicted octanol–water partition coefficient (Wildman–Crippen LogP) is 4.46.